The van der Waals surface area contributed by atoms with Gasteiger partial charge in [0, 0.05) is 11.9 Å². The Bertz CT molecular complexity index is 928. The minimum Gasteiger partial charge on any atom is -0.465 e. The number of piperidine rings is 1. The van der Waals surface area contributed by atoms with Gasteiger partial charge in [-0.05, 0) is 37.0 Å². The fourth-order valence-electron chi connectivity index (χ4n) is 3.62. The first-order valence-corrected chi connectivity index (χ1v) is 8.67. The molecule has 3 rings (SSSR count). The molecule has 1 aliphatic heterocycles. The van der Waals surface area contributed by atoms with Gasteiger partial charge in [0.25, 0.3) is 0 Å². The van der Waals surface area contributed by atoms with Crippen molar-refractivity contribution in [3.8, 4) is 0 Å². The molecule has 1 saturated heterocycles. The SMILES string of the molecule is O=C(O)N1CCCCC1C(O)c1cc(C(F)(F)F)nc2c(C(F)(F)F)cccc12. The van der Waals surface area contributed by atoms with Gasteiger partial charge >= 0.3 is 18.4 Å². The van der Waals surface area contributed by atoms with Crippen molar-refractivity contribution in [3.63, 3.8) is 0 Å². The van der Waals surface area contributed by atoms with E-state index in [0.717, 1.165) is 17.0 Å². The lowest BCUT2D eigenvalue weighted by Gasteiger charge is -2.37. The van der Waals surface area contributed by atoms with Crippen LogP contribution in [0, 0.1) is 0 Å². The maximum absolute atomic E-state index is 13.3. The smallest absolute Gasteiger partial charge is 0.433 e. The summed E-state index contributed by atoms with van der Waals surface area (Å²) in [6.07, 6.45) is -11.9. The van der Waals surface area contributed by atoms with E-state index in [2.05, 4.69) is 4.98 Å². The fraction of sp³-hybridized carbons (Fsp3) is 0.444. The van der Waals surface area contributed by atoms with Gasteiger partial charge in [-0.3, -0.25) is 0 Å². The number of hydrogen-bond acceptors (Lipinski definition) is 3. The van der Waals surface area contributed by atoms with Gasteiger partial charge in [0.1, 0.15) is 11.8 Å². The van der Waals surface area contributed by atoms with Crippen molar-refractivity contribution in [2.75, 3.05) is 6.54 Å². The second kappa shape index (κ2) is 7.36. The van der Waals surface area contributed by atoms with E-state index in [1.165, 1.54) is 0 Å². The van der Waals surface area contributed by atoms with Crippen LogP contribution in [-0.4, -0.2) is 38.8 Å². The average molecular weight is 422 g/mol. The first-order chi connectivity index (χ1) is 13.4. The molecular formula is C18H16F6N2O3. The highest BCUT2D eigenvalue weighted by atomic mass is 19.4. The van der Waals surface area contributed by atoms with Gasteiger partial charge in [-0.25, -0.2) is 9.78 Å². The van der Waals surface area contributed by atoms with Crippen molar-refractivity contribution in [2.24, 2.45) is 0 Å². The molecule has 2 atom stereocenters. The number of benzene rings is 1. The van der Waals surface area contributed by atoms with E-state index >= 15 is 0 Å². The number of aliphatic hydroxyl groups excluding tert-OH is 1. The van der Waals surface area contributed by atoms with Crippen molar-refractivity contribution >= 4 is 17.0 Å². The van der Waals surface area contributed by atoms with Crippen molar-refractivity contribution in [1.29, 1.82) is 0 Å². The Kier molecular flexibility index (Phi) is 5.37. The van der Waals surface area contributed by atoms with Gasteiger partial charge in [-0.15, -0.1) is 0 Å². The Balaban J connectivity index is 2.24. The Morgan fingerprint density at radius 1 is 1.14 bits per heavy atom. The molecule has 1 aliphatic rings. The molecule has 0 spiro atoms. The largest absolute Gasteiger partial charge is 0.465 e. The Morgan fingerprint density at radius 2 is 1.83 bits per heavy atom. The molecule has 0 aliphatic carbocycles. The van der Waals surface area contributed by atoms with E-state index in [4.69, 9.17) is 0 Å². The normalized spacial score (nSPS) is 19.4. The molecule has 0 saturated carbocycles. The number of aliphatic hydroxyl groups is 1. The van der Waals surface area contributed by atoms with Crippen molar-refractivity contribution in [1.82, 2.24) is 9.88 Å². The van der Waals surface area contributed by atoms with Crippen LogP contribution in [0.3, 0.4) is 0 Å². The summed E-state index contributed by atoms with van der Waals surface area (Å²) in [5.74, 6) is 0. The van der Waals surface area contributed by atoms with Gasteiger partial charge in [0.05, 0.1) is 17.1 Å². The predicted octanol–water partition coefficient (Wildman–Crippen LogP) is 4.84. The molecule has 2 N–H and O–H groups in total. The third-order valence-corrected chi connectivity index (χ3v) is 4.95. The van der Waals surface area contributed by atoms with Gasteiger partial charge < -0.3 is 15.1 Å². The second-order valence-electron chi connectivity index (χ2n) is 6.78. The highest BCUT2D eigenvalue weighted by molar-refractivity contribution is 5.86. The topological polar surface area (TPSA) is 73.7 Å². The lowest BCUT2D eigenvalue weighted by molar-refractivity contribution is -0.142. The summed E-state index contributed by atoms with van der Waals surface area (Å²) in [5.41, 5.74) is -4.34. The zero-order chi connectivity index (χ0) is 21.6. The van der Waals surface area contributed by atoms with E-state index in [-0.39, 0.29) is 18.4 Å². The van der Waals surface area contributed by atoms with Gasteiger partial charge in [-0.2, -0.15) is 26.3 Å². The highest BCUT2D eigenvalue weighted by Crippen LogP contribution is 2.40. The molecule has 29 heavy (non-hydrogen) atoms. The fourth-order valence-corrected chi connectivity index (χ4v) is 3.62. The lowest BCUT2D eigenvalue weighted by atomic mass is 9.90. The van der Waals surface area contributed by atoms with Gasteiger partial charge in [0.2, 0.25) is 0 Å². The summed E-state index contributed by atoms with van der Waals surface area (Å²) in [4.78, 5) is 15.5. The minimum atomic E-state index is -5.06. The molecule has 0 radical (unpaired) electrons. The summed E-state index contributed by atoms with van der Waals surface area (Å²) in [7, 11) is 0. The minimum absolute atomic E-state index is 0.0694. The van der Waals surface area contributed by atoms with Crippen LogP contribution in [0.4, 0.5) is 31.1 Å². The summed E-state index contributed by atoms with van der Waals surface area (Å²) in [5, 5.41) is 19.8. The number of likely N-dealkylation sites (tertiary alicyclic amines) is 1. The molecule has 2 unspecified atom stereocenters. The van der Waals surface area contributed by atoms with Crippen LogP contribution in [0.15, 0.2) is 24.3 Å². The number of alkyl halides is 6. The Hall–Kier alpha value is -2.56. The Labute approximate surface area is 160 Å². The molecule has 158 valence electrons. The van der Waals surface area contributed by atoms with E-state index < -0.39 is 52.9 Å². The molecule has 1 amide bonds. The monoisotopic (exact) mass is 422 g/mol. The molecule has 11 heteroatoms. The number of aromatic nitrogens is 1. The van der Waals surface area contributed by atoms with Crippen molar-refractivity contribution < 1.29 is 41.4 Å². The van der Waals surface area contributed by atoms with Crippen LogP contribution in [-0.2, 0) is 12.4 Å². The number of halogens is 6. The van der Waals surface area contributed by atoms with Crippen LogP contribution in [0.1, 0.15) is 42.2 Å². The van der Waals surface area contributed by atoms with E-state index in [1.54, 1.807) is 0 Å². The van der Waals surface area contributed by atoms with Crippen molar-refractivity contribution in [2.45, 2.75) is 43.8 Å². The molecule has 1 fully saturated rings. The van der Waals surface area contributed by atoms with Gasteiger partial charge in [-0.1, -0.05) is 12.1 Å². The first-order valence-electron chi connectivity index (χ1n) is 8.67. The summed E-state index contributed by atoms with van der Waals surface area (Å²) in [6, 6.07) is 2.15. The number of pyridine rings is 1. The number of para-hydroxylation sites is 1. The van der Waals surface area contributed by atoms with Gasteiger partial charge in [0.15, 0.2) is 0 Å². The zero-order valence-electron chi connectivity index (χ0n) is 14.8. The average Bonchev–Trinajstić information content (AvgIpc) is 2.64. The molecule has 1 aromatic heterocycles. The zero-order valence-corrected chi connectivity index (χ0v) is 14.8. The molecular weight excluding hydrogens is 406 g/mol. The molecule has 2 heterocycles. The third kappa shape index (κ3) is 4.09. The maximum Gasteiger partial charge on any atom is 0.433 e. The number of carboxylic acid groups (broad SMARTS) is 1. The van der Waals surface area contributed by atoms with E-state index in [1.807, 2.05) is 0 Å². The van der Waals surface area contributed by atoms with Crippen LogP contribution in [0.25, 0.3) is 10.9 Å². The van der Waals surface area contributed by atoms with E-state index in [9.17, 15) is 41.4 Å². The molecule has 2 aromatic rings. The third-order valence-electron chi connectivity index (χ3n) is 4.95. The van der Waals surface area contributed by atoms with Crippen LogP contribution in [0.5, 0.6) is 0 Å². The van der Waals surface area contributed by atoms with Crippen LogP contribution in [0.2, 0.25) is 0 Å². The summed E-state index contributed by atoms with van der Waals surface area (Å²) in [6.45, 7) is 0.0694. The van der Waals surface area contributed by atoms with Crippen LogP contribution < -0.4 is 0 Å². The van der Waals surface area contributed by atoms with E-state index in [0.29, 0.717) is 25.0 Å². The first kappa shape index (κ1) is 21.2. The second-order valence-corrected chi connectivity index (χ2v) is 6.78. The molecule has 5 nitrogen and oxygen atoms in total. The number of nitrogens with zero attached hydrogens (tertiary/aromatic N) is 2. The predicted molar refractivity (Wildman–Crippen MR) is 89.1 cm³/mol. The van der Waals surface area contributed by atoms with Crippen molar-refractivity contribution in [3.05, 3.63) is 41.1 Å². The maximum atomic E-state index is 13.3. The molecule has 1 aromatic carbocycles. The van der Waals surface area contributed by atoms with Crippen LogP contribution >= 0.6 is 0 Å². The highest BCUT2D eigenvalue weighted by Gasteiger charge is 2.40. The number of carbonyl (C=O) groups is 1. The quantitative estimate of drug-likeness (QED) is 0.680. The number of fused-ring (bicyclic) bond motifs is 1. The molecule has 0 bridgehead atoms. The summed E-state index contributed by atoms with van der Waals surface area (Å²) >= 11 is 0. The number of hydrogen-bond donors (Lipinski definition) is 2. The summed E-state index contributed by atoms with van der Waals surface area (Å²) < 4.78 is 79.9. The lowest BCUT2D eigenvalue weighted by Crippen LogP contribution is -2.46. The Morgan fingerprint density at radius 3 is 2.41 bits per heavy atom. The standard InChI is InChI=1S/C18H16F6N2O3/c19-17(20,21)11-5-3-4-9-10(8-13(18(22,23)24)25-14(9)11)15(27)12-6-1-2-7-26(12)16(28)29/h3-5,8,12,15,27H,1-2,6-7H2,(H,28,29). The number of rotatable bonds is 2. The number of amides is 1.